The molecule has 1 heterocycles. The van der Waals surface area contributed by atoms with Gasteiger partial charge in [-0.2, -0.15) is 5.26 Å². The average Bonchev–Trinajstić information content (AvgIpc) is 3.45. The Hall–Kier alpha value is -3.00. The fourth-order valence-corrected chi connectivity index (χ4v) is 3.98. The van der Waals surface area contributed by atoms with Crippen molar-refractivity contribution in [1.29, 1.82) is 5.26 Å². The second-order valence-electron chi connectivity index (χ2n) is 7.58. The van der Waals surface area contributed by atoms with Crippen molar-refractivity contribution in [3.8, 4) is 17.6 Å². The van der Waals surface area contributed by atoms with Crippen molar-refractivity contribution in [2.24, 2.45) is 4.99 Å². The zero-order chi connectivity index (χ0) is 20.1. The number of hydrogen-bond donors (Lipinski definition) is 0. The zero-order valence-corrected chi connectivity index (χ0v) is 16.7. The molecule has 0 bridgehead atoms. The van der Waals surface area contributed by atoms with Crippen molar-refractivity contribution in [2.45, 2.75) is 50.2 Å². The number of methoxy groups -OCH3 is 1. The van der Waals surface area contributed by atoms with Gasteiger partial charge in [0.2, 0.25) is 0 Å². The molecule has 1 saturated carbocycles. The maximum atomic E-state index is 9.79. The monoisotopic (exact) mass is 390 g/mol. The van der Waals surface area contributed by atoms with Gasteiger partial charge in [0, 0.05) is 6.42 Å². The highest BCUT2D eigenvalue weighted by Crippen LogP contribution is 2.35. The number of ether oxygens (including phenoxy) is 3. The Morgan fingerprint density at radius 3 is 2.66 bits per heavy atom. The van der Waals surface area contributed by atoms with Gasteiger partial charge in [0.1, 0.15) is 12.6 Å². The largest absolute Gasteiger partial charge is 0.493 e. The van der Waals surface area contributed by atoms with Crippen LogP contribution in [-0.4, -0.2) is 25.7 Å². The Labute approximate surface area is 171 Å². The summed E-state index contributed by atoms with van der Waals surface area (Å²) in [6.45, 7) is 0.524. The van der Waals surface area contributed by atoms with E-state index in [1.165, 1.54) is 12.8 Å². The van der Waals surface area contributed by atoms with E-state index in [0.29, 0.717) is 30.4 Å². The minimum absolute atomic E-state index is 0.00247. The van der Waals surface area contributed by atoms with Gasteiger partial charge in [-0.25, -0.2) is 4.99 Å². The number of hydrogen-bond acceptors (Lipinski definition) is 5. The third kappa shape index (κ3) is 4.54. The predicted octanol–water partition coefficient (Wildman–Crippen LogP) is 5.18. The fourth-order valence-electron chi connectivity index (χ4n) is 3.98. The molecule has 1 aliphatic carbocycles. The average molecular weight is 390 g/mol. The summed E-state index contributed by atoms with van der Waals surface area (Å²) in [6, 6.07) is 18.3. The molecule has 0 spiro atoms. The summed E-state index contributed by atoms with van der Waals surface area (Å²) in [5.74, 6) is 1.71. The van der Waals surface area contributed by atoms with Crippen molar-refractivity contribution in [2.75, 3.05) is 13.7 Å². The molecule has 2 aromatic carbocycles. The summed E-state index contributed by atoms with van der Waals surface area (Å²) in [5, 5.41) is 9.79. The molecule has 4 rings (SSSR count). The first-order valence-electron chi connectivity index (χ1n) is 10.3. The maximum Gasteiger partial charge on any atom is 0.185 e. The highest BCUT2D eigenvalue weighted by Gasteiger charge is 2.25. The van der Waals surface area contributed by atoms with Gasteiger partial charge in [-0.1, -0.05) is 36.4 Å². The quantitative estimate of drug-likeness (QED) is 0.653. The molecule has 0 N–H and O–H groups in total. The minimum Gasteiger partial charge on any atom is -0.493 e. The second kappa shape index (κ2) is 9.00. The van der Waals surface area contributed by atoms with Gasteiger partial charge in [-0.15, -0.1) is 0 Å². The Kier molecular flexibility index (Phi) is 6.00. The van der Waals surface area contributed by atoms with Gasteiger partial charge in [0.05, 0.1) is 25.2 Å². The smallest absolute Gasteiger partial charge is 0.185 e. The van der Waals surface area contributed by atoms with Gasteiger partial charge in [0.15, 0.2) is 17.4 Å². The molecular formula is C24H26N2O3. The molecule has 5 nitrogen and oxygen atoms in total. The standard InChI is InChI=1S/C24H26N2O3/c1-27-22-12-11-18(13-23(22)29-20-9-5-6-10-20)19(15-25)14-24-26-21(16-28-24)17-7-3-2-4-8-17/h2-4,7-8,11-13,19-21H,5-6,9-10,14,16H2,1H3/t19-,21+/m1/s1. The van der Waals surface area contributed by atoms with E-state index in [4.69, 9.17) is 19.2 Å². The number of nitrogens with zero attached hydrogens (tertiary/aromatic N) is 2. The van der Waals surface area contributed by atoms with Crippen molar-refractivity contribution >= 4 is 5.90 Å². The van der Waals surface area contributed by atoms with Gasteiger partial charge in [-0.05, 0) is 48.9 Å². The van der Waals surface area contributed by atoms with E-state index in [0.717, 1.165) is 24.0 Å². The first kappa shape index (κ1) is 19.3. The van der Waals surface area contributed by atoms with E-state index < -0.39 is 0 Å². The highest BCUT2D eigenvalue weighted by molar-refractivity contribution is 5.79. The Morgan fingerprint density at radius 1 is 1.14 bits per heavy atom. The molecule has 0 aromatic heterocycles. The number of benzene rings is 2. The number of aliphatic imine (C=N–C) groups is 1. The first-order chi connectivity index (χ1) is 14.3. The minimum atomic E-state index is -0.347. The maximum absolute atomic E-state index is 9.79. The molecule has 2 atom stereocenters. The normalized spacial score (nSPS) is 19.9. The summed E-state index contributed by atoms with van der Waals surface area (Å²) in [5.41, 5.74) is 2.03. The zero-order valence-electron chi connectivity index (χ0n) is 16.7. The summed E-state index contributed by atoms with van der Waals surface area (Å²) in [6.07, 6.45) is 5.23. The van der Waals surface area contributed by atoms with Gasteiger partial charge in [0.25, 0.3) is 0 Å². The van der Waals surface area contributed by atoms with Crippen LogP contribution in [0, 0.1) is 11.3 Å². The van der Waals surface area contributed by atoms with Crippen molar-refractivity contribution < 1.29 is 14.2 Å². The summed E-state index contributed by atoms with van der Waals surface area (Å²) < 4.78 is 17.4. The molecular weight excluding hydrogens is 364 g/mol. The Balaban J connectivity index is 1.49. The second-order valence-corrected chi connectivity index (χ2v) is 7.58. The summed E-state index contributed by atoms with van der Waals surface area (Å²) in [4.78, 5) is 4.70. The molecule has 150 valence electrons. The van der Waals surface area contributed by atoms with Crippen molar-refractivity contribution in [3.05, 3.63) is 59.7 Å². The highest BCUT2D eigenvalue weighted by atomic mass is 16.5. The van der Waals surface area contributed by atoms with Crippen LogP contribution in [0.3, 0.4) is 0 Å². The van der Waals surface area contributed by atoms with Gasteiger partial charge in [-0.3, -0.25) is 0 Å². The first-order valence-corrected chi connectivity index (χ1v) is 10.3. The van der Waals surface area contributed by atoms with E-state index >= 15 is 0 Å². The lowest BCUT2D eigenvalue weighted by Crippen LogP contribution is -2.12. The lowest BCUT2D eigenvalue weighted by molar-refractivity contribution is 0.200. The van der Waals surface area contributed by atoms with Crippen LogP contribution in [0.25, 0.3) is 0 Å². The van der Waals surface area contributed by atoms with Crippen LogP contribution >= 0.6 is 0 Å². The summed E-state index contributed by atoms with van der Waals surface area (Å²) >= 11 is 0. The molecule has 1 aliphatic heterocycles. The van der Waals surface area contributed by atoms with E-state index in [1.54, 1.807) is 7.11 Å². The SMILES string of the molecule is COc1ccc([C@@H](C#N)CC2=N[C@H](c3ccccc3)CO2)cc1OC1CCCC1. The van der Waals surface area contributed by atoms with Crippen LogP contribution in [0.5, 0.6) is 11.5 Å². The predicted molar refractivity (Wildman–Crippen MR) is 111 cm³/mol. The van der Waals surface area contributed by atoms with Crippen LogP contribution in [0.4, 0.5) is 0 Å². The van der Waals surface area contributed by atoms with Crippen LogP contribution in [0.1, 0.15) is 55.2 Å². The Morgan fingerprint density at radius 2 is 1.93 bits per heavy atom. The van der Waals surface area contributed by atoms with E-state index in [1.807, 2.05) is 36.4 Å². The third-order valence-corrected chi connectivity index (χ3v) is 5.61. The van der Waals surface area contributed by atoms with Crippen LogP contribution in [0.15, 0.2) is 53.5 Å². The van der Waals surface area contributed by atoms with E-state index in [2.05, 4.69) is 18.2 Å². The molecule has 1 fully saturated rings. The lowest BCUT2D eigenvalue weighted by atomic mass is 9.96. The molecule has 29 heavy (non-hydrogen) atoms. The van der Waals surface area contributed by atoms with Crippen LogP contribution < -0.4 is 9.47 Å². The molecule has 0 saturated heterocycles. The molecule has 2 aliphatic rings. The molecule has 2 aromatic rings. The van der Waals surface area contributed by atoms with Crippen LogP contribution in [0.2, 0.25) is 0 Å². The number of rotatable bonds is 7. The van der Waals surface area contributed by atoms with E-state index in [-0.39, 0.29) is 18.1 Å². The van der Waals surface area contributed by atoms with E-state index in [9.17, 15) is 5.26 Å². The van der Waals surface area contributed by atoms with Gasteiger partial charge < -0.3 is 14.2 Å². The summed E-state index contributed by atoms with van der Waals surface area (Å²) in [7, 11) is 1.64. The fraction of sp³-hybridized carbons (Fsp3) is 0.417. The molecule has 0 amide bonds. The topological polar surface area (TPSA) is 63.8 Å². The molecule has 0 radical (unpaired) electrons. The molecule has 5 heteroatoms. The molecule has 0 unspecified atom stereocenters. The Bertz CT molecular complexity index is 898. The van der Waals surface area contributed by atoms with Crippen molar-refractivity contribution in [3.63, 3.8) is 0 Å². The van der Waals surface area contributed by atoms with Gasteiger partial charge >= 0.3 is 0 Å². The van der Waals surface area contributed by atoms with Crippen LogP contribution in [-0.2, 0) is 4.74 Å². The van der Waals surface area contributed by atoms with Crippen molar-refractivity contribution in [1.82, 2.24) is 0 Å². The number of nitriles is 1. The third-order valence-electron chi connectivity index (χ3n) is 5.61. The lowest BCUT2D eigenvalue weighted by Gasteiger charge is -2.18.